The van der Waals surface area contributed by atoms with E-state index in [9.17, 15) is 14.9 Å². The Morgan fingerprint density at radius 1 is 1.45 bits per heavy atom. The molecule has 1 amide bonds. The van der Waals surface area contributed by atoms with Crippen LogP contribution in [0.2, 0.25) is 5.02 Å². The number of rotatable bonds is 4. The van der Waals surface area contributed by atoms with Crippen molar-refractivity contribution in [1.29, 1.82) is 0 Å². The number of halogens is 1. The molecule has 1 fully saturated rings. The Kier molecular flexibility index (Phi) is 4.44. The van der Waals surface area contributed by atoms with Crippen molar-refractivity contribution in [3.8, 4) is 0 Å². The van der Waals surface area contributed by atoms with Crippen molar-refractivity contribution in [3.63, 3.8) is 0 Å². The minimum absolute atomic E-state index is 0.0187. The average molecular weight is 298 g/mol. The predicted octanol–water partition coefficient (Wildman–Crippen LogP) is 2.75. The van der Waals surface area contributed by atoms with Gasteiger partial charge in [0.1, 0.15) is 0 Å². The number of nitrogen functional groups attached to an aromatic ring is 1. The Morgan fingerprint density at radius 3 is 2.70 bits per heavy atom. The summed E-state index contributed by atoms with van der Waals surface area (Å²) in [6, 6.07) is 2.30. The van der Waals surface area contributed by atoms with Crippen LogP contribution in [0.3, 0.4) is 0 Å². The van der Waals surface area contributed by atoms with E-state index < -0.39 is 10.8 Å². The second-order valence-corrected chi connectivity index (χ2v) is 5.41. The molecule has 0 aliphatic heterocycles. The smallest absolute Gasteiger partial charge is 0.271 e. The highest BCUT2D eigenvalue weighted by Gasteiger charge is 2.20. The van der Waals surface area contributed by atoms with Crippen LogP contribution in [0.15, 0.2) is 12.1 Å². The molecule has 0 saturated heterocycles. The maximum absolute atomic E-state index is 12.1. The highest BCUT2D eigenvalue weighted by atomic mass is 35.5. The van der Waals surface area contributed by atoms with Crippen LogP contribution in [0, 0.1) is 16.0 Å². The lowest BCUT2D eigenvalue weighted by molar-refractivity contribution is -0.384. The van der Waals surface area contributed by atoms with Crippen molar-refractivity contribution in [2.75, 3.05) is 12.3 Å². The van der Waals surface area contributed by atoms with E-state index in [2.05, 4.69) is 5.32 Å². The van der Waals surface area contributed by atoms with Gasteiger partial charge in [0.2, 0.25) is 0 Å². The normalized spacial score (nSPS) is 15.2. The molecule has 0 unspecified atom stereocenters. The first kappa shape index (κ1) is 14.6. The van der Waals surface area contributed by atoms with Gasteiger partial charge in [-0.25, -0.2) is 0 Å². The minimum Gasteiger partial charge on any atom is -0.397 e. The van der Waals surface area contributed by atoms with Crippen molar-refractivity contribution in [2.45, 2.75) is 25.7 Å². The zero-order valence-corrected chi connectivity index (χ0v) is 11.7. The summed E-state index contributed by atoms with van der Waals surface area (Å²) in [7, 11) is 0. The zero-order valence-electron chi connectivity index (χ0n) is 10.9. The molecule has 7 heteroatoms. The molecule has 6 nitrogen and oxygen atoms in total. The standard InChI is InChI=1S/C13H16ClN3O3/c14-11-6-9(17(19)20)5-10(12(11)15)13(18)16-7-8-3-1-2-4-8/h5-6,8H,1-4,7,15H2,(H,16,18). The molecule has 0 bridgehead atoms. The van der Waals surface area contributed by atoms with Crippen LogP contribution in [0.1, 0.15) is 36.0 Å². The largest absolute Gasteiger partial charge is 0.397 e. The SMILES string of the molecule is Nc1c(Cl)cc([N+](=O)[O-])cc1C(=O)NCC1CCCC1. The first-order valence-electron chi connectivity index (χ1n) is 6.50. The maximum Gasteiger partial charge on any atom is 0.271 e. The third-order valence-corrected chi connectivity index (χ3v) is 3.91. The van der Waals surface area contributed by atoms with Crippen LogP contribution in [0.4, 0.5) is 11.4 Å². The molecule has 0 aromatic heterocycles. The van der Waals surface area contributed by atoms with Gasteiger partial charge in [0, 0.05) is 18.7 Å². The van der Waals surface area contributed by atoms with Crippen LogP contribution in [0.5, 0.6) is 0 Å². The molecule has 1 aromatic rings. The first-order valence-corrected chi connectivity index (χ1v) is 6.88. The molecular weight excluding hydrogens is 282 g/mol. The number of anilines is 1. The molecule has 0 atom stereocenters. The zero-order chi connectivity index (χ0) is 14.7. The number of nitrogens with zero attached hydrogens (tertiary/aromatic N) is 1. The van der Waals surface area contributed by atoms with Gasteiger partial charge in [-0.3, -0.25) is 14.9 Å². The van der Waals surface area contributed by atoms with E-state index in [4.69, 9.17) is 17.3 Å². The number of hydrogen-bond donors (Lipinski definition) is 2. The van der Waals surface area contributed by atoms with Gasteiger partial charge in [-0.05, 0) is 18.8 Å². The molecule has 1 aromatic carbocycles. The highest BCUT2D eigenvalue weighted by molar-refractivity contribution is 6.34. The number of carbonyl (C=O) groups is 1. The highest BCUT2D eigenvalue weighted by Crippen LogP contribution is 2.29. The van der Waals surface area contributed by atoms with Gasteiger partial charge in [-0.1, -0.05) is 24.4 Å². The predicted molar refractivity (Wildman–Crippen MR) is 76.8 cm³/mol. The summed E-state index contributed by atoms with van der Waals surface area (Å²) in [5.41, 5.74) is 5.61. The fraction of sp³-hybridized carbons (Fsp3) is 0.462. The summed E-state index contributed by atoms with van der Waals surface area (Å²) >= 11 is 5.82. The van der Waals surface area contributed by atoms with Gasteiger partial charge in [0.05, 0.1) is 21.2 Å². The molecule has 1 aliphatic carbocycles. The van der Waals surface area contributed by atoms with Crippen molar-refractivity contribution in [1.82, 2.24) is 5.32 Å². The number of amides is 1. The summed E-state index contributed by atoms with van der Waals surface area (Å²) in [6.45, 7) is 0.568. The van der Waals surface area contributed by atoms with E-state index in [0.717, 1.165) is 25.0 Å². The number of hydrogen-bond acceptors (Lipinski definition) is 4. The van der Waals surface area contributed by atoms with E-state index in [1.54, 1.807) is 0 Å². The quantitative estimate of drug-likeness (QED) is 0.507. The van der Waals surface area contributed by atoms with Crippen molar-refractivity contribution < 1.29 is 9.72 Å². The first-order chi connectivity index (χ1) is 9.49. The van der Waals surface area contributed by atoms with E-state index in [-0.39, 0.29) is 22.0 Å². The molecule has 108 valence electrons. The van der Waals surface area contributed by atoms with Gasteiger partial charge in [-0.2, -0.15) is 0 Å². The summed E-state index contributed by atoms with van der Waals surface area (Å²) in [5, 5.41) is 13.6. The van der Waals surface area contributed by atoms with E-state index in [0.29, 0.717) is 12.5 Å². The molecule has 1 aliphatic rings. The average Bonchev–Trinajstić information content (AvgIpc) is 2.92. The Morgan fingerprint density at radius 2 is 2.10 bits per heavy atom. The lowest BCUT2D eigenvalue weighted by Gasteiger charge is -2.12. The number of carbonyl (C=O) groups excluding carboxylic acids is 1. The topological polar surface area (TPSA) is 98.3 Å². The number of non-ortho nitro benzene ring substituents is 1. The maximum atomic E-state index is 12.1. The Labute approximate surface area is 121 Å². The summed E-state index contributed by atoms with van der Waals surface area (Å²) in [4.78, 5) is 22.3. The van der Waals surface area contributed by atoms with Crippen LogP contribution < -0.4 is 11.1 Å². The lowest BCUT2D eigenvalue weighted by Crippen LogP contribution is -2.29. The summed E-state index contributed by atoms with van der Waals surface area (Å²) in [6.07, 6.45) is 4.58. The van der Waals surface area contributed by atoms with Crippen LogP contribution >= 0.6 is 11.6 Å². The third-order valence-electron chi connectivity index (χ3n) is 3.60. The number of benzene rings is 1. The van der Waals surface area contributed by atoms with E-state index >= 15 is 0 Å². The minimum atomic E-state index is -0.598. The van der Waals surface area contributed by atoms with Gasteiger partial charge < -0.3 is 11.1 Å². The number of nitrogens with two attached hydrogens (primary N) is 1. The van der Waals surface area contributed by atoms with Gasteiger partial charge in [0.15, 0.2) is 0 Å². The lowest BCUT2D eigenvalue weighted by atomic mass is 10.1. The molecule has 20 heavy (non-hydrogen) atoms. The van der Waals surface area contributed by atoms with Crippen molar-refractivity contribution in [3.05, 3.63) is 32.8 Å². The summed E-state index contributed by atoms with van der Waals surface area (Å²) in [5.74, 6) is 0.0642. The van der Waals surface area contributed by atoms with Crippen molar-refractivity contribution in [2.24, 2.45) is 5.92 Å². The van der Waals surface area contributed by atoms with Crippen LogP contribution in [0.25, 0.3) is 0 Å². The number of nitrogens with one attached hydrogen (secondary N) is 1. The number of nitro benzene ring substituents is 1. The monoisotopic (exact) mass is 297 g/mol. The Bertz CT molecular complexity index is 542. The molecule has 2 rings (SSSR count). The molecular formula is C13H16ClN3O3. The second kappa shape index (κ2) is 6.09. The van der Waals surface area contributed by atoms with Gasteiger partial charge >= 0.3 is 0 Å². The molecule has 0 radical (unpaired) electrons. The summed E-state index contributed by atoms with van der Waals surface area (Å²) < 4.78 is 0. The van der Waals surface area contributed by atoms with E-state index in [1.165, 1.54) is 12.8 Å². The molecule has 0 heterocycles. The van der Waals surface area contributed by atoms with E-state index in [1.807, 2.05) is 0 Å². The van der Waals surface area contributed by atoms with Crippen LogP contribution in [-0.2, 0) is 0 Å². The van der Waals surface area contributed by atoms with Gasteiger partial charge in [0.25, 0.3) is 11.6 Å². The number of nitro groups is 1. The molecule has 3 N–H and O–H groups in total. The second-order valence-electron chi connectivity index (χ2n) is 5.01. The molecule has 0 spiro atoms. The van der Waals surface area contributed by atoms with Gasteiger partial charge in [-0.15, -0.1) is 0 Å². The van der Waals surface area contributed by atoms with Crippen molar-refractivity contribution >= 4 is 28.9 Å². The fourth-order valence-corrected chi connectivity index (χ4v) is 2.66. The third kappa shape index (κ3) is 3.19. The Hall–Kier alpha value is -1.82. The fourth-order valence-electron chi connectivity index (χ4n) is 2.44. The molecule has 1 saturated carbocycles. The van der Waals surface area contributed by atoms with Crippen LogP contribution in [-0.4, -0.2) is 17.4 Å². The Balaban J connectivity index is 2.13.